The molecule has 2 nitrogen and oxygen atoms in total. The molecule has 1 rings (SSSR count). The van der Waals surface area contributed by atoms with Crippen LogP contribution in [0.3, 0.4) is 0 Å². The molecule has 0 aliphatic carbocycles. The van der Waals surface area contributed by atoms with Crippen molar-refractivity contribution in [2.75, 3.05) is 0 Å². The first-order valence-electron chi connectivity index (χ1n) is 4.82. The van der Waals surface area contributed by atoms with Crippen molar-refractivity contribution in [2.24, 2.45) is 0 Å². The van der Waals surface area contributed by atoms with Gasteiger partial charge in [0.2, 0.25) is 0 Å². The first kappa shape index (κ1) is 13.4. The van der Waals surface area contributed by atoms with E-state index in [0.29, 0.717) is 16.4 Å². The summed E-state index contributed by atoms with van der Waals surface area (Å²) in [5, 5.41) is 4.25. The van der Waals surface area contributed by atoms with Gasteiger partial charge in [0.1, 0.15) is 6.54 Å². The molecule has 0 N–H and O–H groups in total. The van der Waals surface area contributed by atoms with Gasteiger partial charge in [0.05, 0.1) is 16.4 Å². The largest absolute Gasteiger partial charge is 0.408 e. The third-order valence-corrected chi connectivity index (χ3v) is 2.63. The fourth-order valence-corrected chi connectivity index (χ4v) is 1.75. The summed E-state index contributed by atoms with van der Waals surface area (Å²) >= 11 is 5.98. The molecule has 1 aromatic rings. The molecule has 0 amide bonds. The average Bonchev–Trinajstić information content (AvgIpc) is 2.28. The Kier molecular flexibility index (Phi) is 3.29. The molecule has 1 heterocycles. The van der Waals surface area contributed by atoms with Gasteiger partial charge >= 0.3 is 6.18 Å². The van der Waals surface area contributed by atoms with Crippen molar-refractivity contribution in [3.63, 3.8) is 0 Å². The molecule has 0 radical (unpaired) electrons. The number of hydrogen-bond acceptors (Lipinski definition) is 1. The molecule has 92 valence electrons. The third kappa shape index (κ3) is 2.90. The highest BCUT2D eigenvalue weighted by atomic mass is 35.5. The van der Waals surface area contributed by atoms with E-state index in [1.807, 2.05) is 20.8 Å². The summed E-state index contributed by atoms with van der Waals surface area (Å²) in [5.41, 5.74) is 0.485. The number of nitrogens with zero attached hydrogens (tertiary/aromatic N) is 2. The van der Waals surface area contributed by atoms with Crippen LogP contribution >= 0.6 is 11.6 Å². The van der Waals surface area contributed by atoms with Crippen LogP contribution < -0.4 is 0 Å². The lowest BCUT2D eigenvalue weighted by molar-refractivity contribution is -0.143. The van der Waals surface area contributed by atoms with Gasteiger partial charge in [-0.05, 0) is 6.92 Å². The molecule has 0 aliphatic rings. The van der Waals surface area contributed by atoms with Gasteiger partial charge in [0.15, 0.2) is 0 Å². The molecule has 1 aromatic heterocycles. The molecule has 0 saturated heterocycles. The van der Waals surface area contributed by atoms with Crippen LogP contribution in [0.4, 0.5) is 13.2 Å². The molecule has 0 spiro atoms. The first-order valence-corrected chi connectivity index (χ1v) is 5.20. The van der Waals surface area contributed by atoms with E-state index in [4.69, 9.17) is 11.6 Å². The van der Waals surface area contributed by atoms with Gasteiger partial charge in [-0.1, -0.05) is 32.4 Å². The molecular weight excluding hydrogens is 241 g/mol. The molecule has 0 atom stereocenters. The fourth-order valence-electron chi connectivity index (χ4n) is 1.33. The number of rotatable bonds is 1. The first-order chi connectivity index (χ1) is 7.02. The second kappa shape index (κ2) is 3.95. The lowest BCUT2D eigenvalue weighted by Gasteiger charge is -2.15. The Bertz CT molecular complexity index is 388. The zero-order chi connectivity index (χ0) is 12.7. The normalized spacial score (nSPS) is 13.2. The van der Waals surface area contributed by atoms with Gasteiger partial charge in [-0.15, -0.1) is 0 Å². The van der Waals surface area contributed by atoms with E-state index in [0.717, 1.165) is 4.68 Å². The Labute approximate surface area is 97.4 Å². The molecule has 6 heteroatoms. The quantitative estimate of drug-likeness (QED) is 0.747. The number of alkyl halides is 3. The summed E-state index contributed by atoms with van der Waals surface area (Å²) in [6.45, 7) is 6.01. The van der Waals surface area contributed by atoms with Crippen LogP contribution in [0.5, 0.6) is 0 Å². The number of halogens is 4. The molecule has 0 bridgehead atoms. The van der Waals surface area contributed by atoms with Gasteiger partial charge in [-0.3, -0.25) is 4.68 Å². The zero-order valence-electron chi connectivity index (χ0n) is 9.61. The van der Waals surface area contributed by atoms with Crippen LogP contribution in [0, 0.1) is 6.92 Å². The van der Waals surface area contributed by atoms with Gasteiger partial charge in [-0.2, -0.15) is 18.3 Å². The summed E-state index contributed by atoms with van der Waals surface area (Å²) in [6.07, 6.45) is -4.28. The van der Waals surface area contributed by atoms with Crippen LogP contribution in [0.25, 0.3) is 0 Å². The van der Waals surface area contributed by atoms with E-state index >= 15 is 0 Å². The molecule has 0 saturated carbocycles. The van der Waals surface area contributed by atoms with E-state index in [1.165, 1.54) is 6.92 Å². The summed E-state index contributed by atoms with van der Waals surface area (Å²) in [4.78, 5) is 0. The van der Waals surface area contributed by atoms with Crippen molar-refractivity contribution in [1.29, 1.82) is 0 Å². The van der Waals surface area contributed by atoms with Crippen molar-refractivity contribution in [3.05, 3.63) is 16.4 Å². The second-order valence-corrected chi connectivity index (χ2v) is 5.15. The minimum Gasteiger partial charge on any atom is -0.259 e. The summed E-state index contributed by atoms with van der Waals surface area (Å²) in [5.74, 6) is 0. The lowest BCUT2D eigenvalue weighted by Crippen LogP contribution is -2.20. The Morgan fingerprint density at radius 3 is 2.06 bits per heavy atom. The summed E-state index contributed by atoms with van der Waals surface area (Å²) < 4.78 is 37.7. The minimum atomic E-state index is -4.28. The maximum absolute atomic E-state index is 12.3. The van der Waals surface area contributed by atoms with Crippen LogP contribution in [0.2, 0.25) is 5.02 Å². The maximum atomic E-state index is 12.3. The van der Waals surface area contributed by atoms with E-state index in [1.54, 1.807) is 0 Å². The smallest absolute Gasteiger partial charge is 0.259 e. The van der Waals surface area contributed by atoms with Gasteiger partial charge in [0.25, 0.3) is 0 Å². The van der Waals surface area contributed by atoms with Crippen LogP contribution in [0.1, 0.15) is 32.2 Å². The standard InChI is InChI=1S/C10H14ClF3N2/c1-6-7(11)8(9(2,3)4)15-16(6)5-10(12,13)14/h5H2,1-4H3. The number of hydrogen-bond donors (Lipinski definition) is 0. The Morgan fingerprint density at radius 1 is 1.25 bits per heavy atom. The van der Waals surface area contributed by atoms with E-state index in [9.17, 15) is 13.2 Å². The SMILES string of the molecule is Cc1c(Cl)c(C(C)(C)C)nn1CC(F)(F)F. The molecule has 0 aliphatic heterocycles. The van der Waals surface area contributed by atoms with Crippen molar-refractivity contribution in [1.82, 2.24) is 9.78 Å². The molecule has 0 aromatic carbocycles. The summed E-state index contributed by atoms with van der Waals surface area (Å²) in [6, 6.07) is 0. The third-order valence-electron chi connectivity index (χ3n) is 2.17. The van der Waals surface area contributed by atoms with E-state index in [2.05, 4.69) is 5.10 Å². The molecule has 0 unspecified atom stereocenters. The fraction of sp³-hybridized carbons (Fsp3) is 0.700. The van der Waals surface area contributed by atoms with Crippen LogP contribution in [-0.2, 0) is 12.0 Å². The lowest BCUT2D eigenvalue weighted by atomic mass is 9.92. The highest BCUT2D eigenvalue weighted by molar-refractivity contribution is 6.32. The second-order valence-electron chi connectivity index (χ2n) is 4.77. The molecular formula is C10H14ClF3N2. The molecule has 16 heavy (non-hydrogen) atoms. The number of aromatic nitrogens is 2. The van der Waals surface area contributed by atoms with Crippen molar-refractivity contribution in [3.8, 4) is 0 Å². The minimum absolute atomic E-state index is 0.316. The van der Waals surface area contributed by atoms with Crippen molar-refractivity contribution in [2.45, 2.75) is 45.8 Å². The molecule has 0 fully saturated rings. The highest BCUT2D eigenvalue weighted by Crippen LogP contribution is 2.31. The Morgan fingerprint density at radius 2 is 1.75 bits per heavy atom. The predicted octanol–water partition coefficient (Wildman–Crippen LogP) is 3.70. The predicted molar refractivity (Wildman–Crippen MR) is 56.7 cm³/mol. The Balaban J connectivity index is 3.16. The van der Waals surface area contributed by atoms with Gasteiger partial charge in [-0.25, -0.2) is 0 Å². The van der Waals surface area contributed by atoms with Gasteiger partial charge < -0.3 is 0 Å². The van der Waals surface area contributed by atoms with Gasteiger partial charge in [0, 0.05) is 5.41 Å². The maximum Gasteiger partial charge on any atom is 0.408 e. The highest BCUT2D eigenvalue weighted by Gasteiger charge is 2.32. The topological polar surface area (TPSA) is 17.8 Å². The average molecular weight is 255 g/mol. The summed E-state index contributed by atoms with van der Waals surface area (Å²) in [7, 11) is 0. The van der Waals surface area contributed by atoms with Crippen molar-refractivity contribution < 1.29 is 13.2 Å². The Hall–Kier alpha value is -0.710. The van der Waals surface area contributed by atoms with Crippen LogP contribution in [0.15, 0.2) is 0 Å². The van der Waals surface area contributed by atoms with E-state index in [-0.39, 0.29) is 5.41 Å². The van der Waals surface area contributed by atoms with E-state index < -0.39 is 12.7 Å². The van der Waals surface area contributed by atoms with Crippen molar-refractivity contribution >= 4 is 11.6 Å². The monoisotopic (exact) mass is 254 g/mol. The zero-order valence-corrected chi connectivity index (χ0v) is 10.4. The van der Waals surface area contributed by atoms with Crippen LogP contribution in [-0.4, -0.2) is 16.0 Å².